The predicted octanol–water partition coefficient (Wildman–Crippen LogP) is 2.59. The van der Waals surface area contributed by atoms with E-state index < -0.39 is 15.8 Å². The van der Waals surface area contributed by atoms with E-state index in [1.165, 1.54) is 44.4 Å². The second kappa shape index (κ2) is 6.66. The van der Waals surface area contributed by atoms with Crippen molar-refractivity contribution in [2.45, 2.75) is 11.8 Å². The van der Waals surface area contributed by atoms with Crippen LogP contribution in [0, 0.1) is 5.82 Å². The largest absolute Gasteiger partial charge is 0.495 e. The molecule has 2 rings (SSSR count). The SMILES string of the molecule is COc1ccc(NS(=O)(=O)c2cccc(F)c2)cc1NC(C)=O. The number of sulfonamides is 1. The summed E-state index contributed by atoms with van der Waals surface area (Å²) in [7, 11) is -2.52. The Labute approximate surface area is 133 Å². The van der Waals surface area contributed by atoms with Gasteiger partial charge in [0.2, 0.25) is 5.91 Å². The van der Waals surface area contributed by atoms with Gasteiger partial charge in [0.25, 0.3) is 10.0 Å². The monoisotopic (exact) mass is 338 g/mol. The molecule has 6 nitrogen and oxygen atoms in total. The highest BCUT2D eigenvalue weighted by Gasteiger charge is 2.16. The van der Waals surface area contributed by atoms with Crippen LogP contribution < -0.4 is 14.8 Å². The average Bonchev–Trinajstić information content (AvgIpc) is 2.46. The molecule has 1 amide bonds. The number of benzene rings is 2. The number of ether oxygens (including phenoxy) is 1. The number of anilines is 2. The van der Waals surface area contributed by atoms with Gasteiger partial charge < -0.3 is 10.1 Å². The summed E-state index contributed by atoms with van der Waals surface area (Å²) in [5.41, 5.74) is 0.526. The summed E-state index contributed by atoms with van der Waals surface area (Å²) in [5.74, 6) is -0.594. The molecule has 0 aliphatic heterocycles. The lowest BCUT2D eigenvalue weighted by Crippen LogP contribution is -2.14. The van der Waals surface area contributed by atoms with Gasteiger partial charge in [-0.05, 0) is 36.4 Å². The first-order chi connectivity index (χ1) is 10.8. The number of amides is 1. The fourth-order valence-corrected chi connectivity index (χ4v) is 2.99. The summed E-state index contributed by atoms with van der Waals surface area (Å²) >= 11 is 0. The molecule has 2 aromatic rings. The topological polar surface area (TPSA) is 84.5 Å². The van der Waals surface area contributed by atoms with Gasteiger partial charge in [0.05, 0.1) is 23.4 Å². The fourth-order valence-electron chi connectivity index (χ4n) is 1.91. The van der Waals surface area contributed by atoms with Crippen molar-refractivity contribution in [3.63, 3.8) is 0 Å². The molecule has 8 heteroatoms. The molecular formula is C15H15FN2O4S. The number of halogens is 1. The minimum atomic E-state index is -3.94. The molecule has 0 unspecified atom stereocenters. The minimum Gasteiger partial charge on any atom is -0.495 e. The van der Waals surface area contributed by atoms with Crippen molar-refractivity contribution in [2.75, 3.05) is 17.1 Å². The maximum absolute atomic E-state index is 13.2. The van der Waals surface area contributed by atoms with Gasteiger partial charge in [-0.2, -0.15) is 0 Å². The van der Waals surface area contributed by atoms with E-state index in [2.05, 4.69) is 10.0 Å². The zero-order valence-electron chi connectivity index (χ0n) is 12.5. The van der Waals surface area contributed by atoms with Gasteiger partial charge in [-0.1, -0.05) is 6.07 Å². The van der Waals surface area contributed by atoms with E-state index in [1.54, 1.807) is 0 Å². The molecule has 0 spiro atoms. The smallest absolute Gasteiger partial charge is 0.261 e. The number of carbonyl (C=O) groups excluding carboxylic acids is 1. The van der Waals surface area contributed by atoms with Crippen LogP contribution in [0.5, 0.6) is 5.75 Å². The maximum atomic E-state index is 13.2. The van der Waals surface area contributed by atoms with E-state index in [9.17, 15) is 17.6 Å². The summed E-state index contributed by atoms with van der Waals surface area (Å²) < 4.78 is 45.1. The van der Waals surface area contributed by atoms with E-state index in [-0.39, 0.29) is 16.5 Å². The molecular weight excluding hydrogens is 323 g/mol. The van der Waals surface area contributed by atoms with Crippen molar-refractivity contribution in [3.8, 4) is 5.75 Å². The van der Waals surface area contributed by atoms with E-state index in [4.69, 9.17) is 4.74 Å². The number of methoxy groups -OCH3 is 1. The Morgan fingerprint density at radius 1 is 1.17 bits per heavy atom. The molecule has 122 valence electrons. The van der Waals surface area contributed by atoms with E-state index >= 15 is 0 Å². The van der Waals surface area contributed by atoms with Crippen LogP contribution >= 0.6 is 0 Å². The molecule has 0 saturated carbocycles. The quantitative estimate of drug-likeness (QED) is 0.877. The summed E-state index contributed by atoms with van der Waals surface area (Å²) in [6, 6.07) is 9.05. The lowest BCUT2D eigenvalue weighted by Gasteiger charge is -2.13. The van der Waals surface area contributed by atoms with Gasteiger partial charge in [-0.15, -0.1) is 0 Å². The first-order valence-electron chi connectivity index (χ1n) is 6.56. The van der Waals surface area contributed by atoms with E-state index in [0.29, 0.717) is 11.4 Å². The van der Waals surface area contributed by atoms with Gasteiger partial charge in [0.15, 0.2) is 0 Å². The van der Waals surface area contributed by atoms with Gasteiger partial charge in [0, 0.05) is 6.92 Å². The van der Waals surface area contributed by atoms with Gasteiger partial charge in [-0.3, -0.25) is 9.52 Å². The summed E-state index contributed by atoms with van der Waals surface area (Å²) in [6.45, 7) is 1.32. The molecule has 2 aromatic carbocycles. The van der Waals surface area contributed by atoms with E-state index in [1.807, 2.05) is 0 Å². The Morgan fingerprint density at radius 2 is 1.91 bits per heavy atom. The first-order valence-corrected chi connectivity index (χ1v) is 8.04. The normalized spacial score (nSPS) is 10.9. The fraction of sp³-hybridized carbons (Fsp3) is 0.133. The molecule has 0 bridgehead atoms. The van der Waals surface area contributed by atoms with Crippen molar-refractivity contribution in [2.24, 2.45) is 0 Å². The first kappa shape index (κ1) is 16.8. The zero-order chi connectivity index (χ0) is 17.0. The van der Waals surface area contributed by atoms with Crippen molar-refractivity contribution < 1.29 is 22.3 Å². The Bertz CT molecular complexity index is 837. The molecule has 0 atom stereocenters. The Balaban J connectivity index is 2.34. The molecule has 23 heavy (non-hydrogen) atoms. The van der Waals surface area contributed by atoms with Crippen molar-refractivity contribution in [3.05, 3.63) is 48.3 Å². The van der Waals surface area contributed by atoms with Gasteiger partial charge in [-0.25, -0.2) is 12.8 Å². The summed E-state index contributed by atoms with van der Waals surface area (Å²) in [4.78, 5) is 11.0. The highest BCUT2D eigenvalue weighted by atomic mass is 32.2. The van der Waals surface area contributed by atoms with Crippen LogP contribution in [0.4, 0.5) is 15.8 Å². The molecule has 0 aliphatic rings. The van der Waals surface area contributed by atoms with Gasteiger partial charge in [0.1, 0.15) is 11.6 Å². The standard InChI is InChI=1S/C15H15FN2O4S/c1-10(19)17-14-9-12(6-7-15(14)22-2)18-23(20,21)13-5-3-4-11(16)8-13/h3-9,18H,1-2H3,(H,17,19). The van der Waals surface area contributed by atoms with Crippen molar-refractivity contribution >= 4 is 27.3 Å². The van der Waals surface area contributed by atoms with Crippen LogP contribution in [-0.2, 0) is 14.8 Å². The number of hydrogen-bond donors (Lipinski definition) is 2. The van der Waals surface area contributed by atoms with Crippen LogP contribution in [0.1, 0.15) is 6.92 Å². The average molecular weight is 338 g/mol. The van der Waals surface area contributed by atoms with Crippen LogP contribution in [0.25, 0.3) is 0 Å². The molecule has 0 aromatic heterocycles. The van der Waals surface area contributed by atoms with E-state index in [0.717, 1.165) is 12.1 Å². The molecule has 0 saturated heterocycles. The second-order valence-corrected chi connectivity index (χ2v) is 6.34. The van der Waals surface area contributed by atoms with Gasteiger partial charge >= 0.3 is 0 Å². The molecule has 0 fully saturated rings. The number of rotatable bonds is 5. The third kappa shape index (κ3) is 4.19. The number of nitrogens with one attached hydrogen (secondary N) is 2. The highest BCUT2D eigenvalue weighted by Crippen LogP contribution is 2.29. The number of hydrogen-bond acceptors (Lipinski definition) is 4. The maximum Gasteiger partial charge on any atom is 0.261 e. The summed E-state index contributed by atoms with van der Waals surface area (Å²) in [5, 5.41) is 2.54. The predicted molar refractivity (Wildman–Crippen MR) is 84.5 cm³/mol. The lowest BCUT2D eigenvalue weighted by atomic mass is 10.2. The molecule has 0 aliphatic carbocycles. The van der Waals surface area contributed by atoms with Crippen LogP contribution in [0.15, 0.2) is 47.4 Å². The lowest BCUT2D eigenvalue weighted by molar-refractivity contribution is -0.114. The summed E-state index contributed by atoms with van der Waals surface area (Å²) in [6.07, 6.45) is 0. The third-order valence-electron chi connectivity index (χ3n) is 2.87. The highest BCUT2D eigenvalue weighted by molar-refractivity contribution is 7.92. The molecule has 0 heterocycles. The third-order valence-corrected chi connectivity index (χ3v) is 4.25. The van der Waals surface area contributed by atoms with Crippen LogP contribution in [-0.4, -0.2) is 21.4 Å². The van der Waals surface area contributed by atoms with Crippen molar-refractivity contribution in [1.29, 1.82) is 0 Å². The second-order valence-electron chi connectivity index (χ2n) is 4.66. The minimum absolute atomic E-state index is 0.200. The number of carbonyl (C=O) groups is 1. The molecule has 2 N–H and O–H groups in total. The molecule has 0 radical (unpaired) electrons. The Hall–Kier alpha value is -2.61. The van der Waals surface area contributed by atoms with Crippen molar-refractivity contribution in [1.82, 2.24) is 0 Å². The Kier molecular flexibility index (Phi) is 4.85. The Morgan fingerprint density at radius 3 is 2.52 bits per heavy atom. The zero-order valence-corrected chi connectivity index (χ0v) is 13.3. The van der Waals surface area contributed by atoms with Crippen LogP contribution in [0.2, 0.25) is 0 Å². The van der Waals surface area contributed by atoms with Crippen LogP contribution in [0.3, 0.4) is 0 Å².